The largest absolute Gasteiger partial charge is 0.376 e. The number of amides is 2. The van der Waals surface area contributed by atoms with E-state index in [9.17, 15) is 9.59 Å². The van der Waals surface area contributed by atoms with Crippen molar-refractivity contribution in [3.8, 4) is 0 Å². The Morgan fingerprint density at radius 1 is 1.46 bits per heavy atom. The van der Waals surface area contributed by atoms with Gasteiger partial charge in [-0.1, -0.05) is 6.92 Å². The summed E-state index contributed by atoms with van der Waals surface area (Å²) >= 11 is 1.48. The Labute approximate surface area is 145 Å². The molecule has 1 aromatic rings. The van der Waals surface area contributed by atoms with Gasteiger partial charge in [-0.25, -0.2) is 4.98 Å². The highest BCUT2D eigenvalue weighted by atomic mass is 32.1. The van der Waals surface area contributed by atoms with Crippen LogP contribution >= 0.6 is 11.3 Å². The van der Waals surface area contributed by atoms with Gasteiger partial charge in [0.2, 0.25) is 5.91 Å². The van der Waals surface area contributed by atoms with Crippen molar-refractivity contribution in [3.05, 3.63) is 16.1 Å². The molecular formula is C17H23N3O3S. The Kier molecular flexibility index (Phi) is 4.08. The number of hydrogen-bond acceptors (Lipinski definition) is 5. The second-order valence-electron chi connectivity index (χ2n) is 7.32. The van der Waals surface area contributed by atoms with Crippen molar-refractivity contribution >= 4 is 23.2 Å². The maximum absolute atomic E-state index is 12.4. The fourth-order valence-electron chi connectivity index (χ4n) is 3.87. The Balaban J connectivity index is 1.31. The van der Waals surface area contributed by atoms with Crippen LogP contribution in [0.1, 0.15) is 28.8 Å². The molecule has 24 heavy (non-hydrogen) atoms. The van der Waals surface area contributed by atoms with Crippen molar-refractivity contribution < 1.29 is 14.3 Å². The summed E-state index contributed by atoms with van der Waals surface area (Å²) in [4.78, 5) is 30.7. The molecule has 3 heterocycles. The number of carbonyl (C=O) groups excluding carboxylic acids is 2. The summed E-state index contributed by atoms with van der Waals surface area (Å²) in [6, 6.07) is 0. The van der Waals surface area contributed by atoms with Crippen LogP contribution in [0.25, 0.3) is 0 Å². The average Bonchev–Trinajstić information content (AvgIpc) is 2.95. The number of nitrogens with one attached hydrogen (secondary N) is 1. The van der Waals surface area contributed by atoms with Crippen LogP contribution in [0.2, 0.25) is 0 Å². The van der Waals surface area contributed by atoms with E-state index in [1.54, 1.807) is 5.38 Å². The van der Waals surface area contributed by atoms with Crippen LogP contribution in [0.15, 0.2) is 5.38 Å². The minimum absolute atomic E-state index is 0.125. The van der Waals surface area contributed by atoms with Crippen LogP contribution in [-0.2, 0) is 9.53 Å². The molecule has 0 spiro atoms. The molecule has 2 amide bonds. The van der Waals surface area contributed by atoms with E-state index < -0.39 is 0 Å². The normalized spacial score (nSPS) is 34.2. The van der Waals surface area contributed by atoms with E-state index in [4.69, 9.17) is 4.74 Å². The summed E-state index contributed by atoms with van der Waals surface area (Å²) in [6.07, 6.45) is 1.16. The SMILES string of the molecule is Cc1nc(C(=O)NC[C@@H]2CO[C@@H]3CN(C(=O)[C@H]4C[C@@H]4C)C[C@H]23)cs1. The van der Waals surface area contributed by atoms with Crippen LogP contribution in [0.5, 0.6) is 0 Å². The Hall–Kier alpha value is -1.47. The second-order valence-corrected chi connectivity index (χ2v) is 8.38. The molecule has 0 bridgehead atoms. The lowest BCUT2D eigenvalue weighted by atomic mass is 9.93. The number of ether oxygens (including phenoxy) is 1. The Morgan fingerprint density at radius 3 is 2.92 bits per heavy atom. The van der Waals surface area contributed by atoms with Gasteiger partial charge in [0.05, 0.1) is 17.7 Å². The molecule has 1 aromatic heterocycles. The quantitative estimate of drug-likeness (QED) is 0.890. The molecule has 130 valence electrons. The molecular weight excluding hydrogens is 326 g/mol. The summed E-state index contributed by atoms with van der Waals surface area (Å²) < 4.78 is 5.88. The maximum atomic E-state index is 12.4. The zero-order chi connectivity index (χ0) is 16.8. The molecule has 1 N–H and O–H groups in total. The van der Waals surface area contributed by atoms with Crippen molar-refractivity contribution in [2.24, 2.45) is 23.7 Å². The third-order valence-corrected chi connectivity index (χ3v) is 6.33. The highest BCUT2D eigenvalue weighted by Crippen LogP contribution is 2.41. The molecule has 0 aromatic carbocycles. The second kappa shape index (κ2) is 6.11. The number of carbonyl (C=O) groups is 2. The van der Waals surface area contributed by atoms with Crippen LogP contribution < -0.4 is 5.32 Å². The van der Waals surface area contributed by atoms with Crippen LogP contribution in [0.4, 0.5) is 0 Å². The third-order valence-electron chi connectivity index (χ3n) is 5.55. The zero-order valence-corrected chi connectivity index (χ0v) is 14.8. The number of hydrogen-bond donors (Lipinski definition) is 1. The number of aryl methyl sites for hydroxylation is 1. The summed E-state index contributed by atoms with van der Waals surface area (Å²) in [5, 5.41) is 5.65. The standard InChI is InChI=1S/C17H23N3O3S/c1-9-3-12(9)17(22)20-5-13-11(7-23-15(13)6-20)4-18-16(21)14-8-24-10(2)19-14/h8-9,11-13,15H,3-7H2,1-2H3,(H,18,21)/t9-,11+,12-,13+,15+/m0/s1. The van der Waals surface area contributed by atoms with E-state index >= 15 is 0 Å². The van der Waals surface area contributed by atoms with E-state index in [-0.39, 0.29) is 23.8 Å². The first-order valence-corrected chi connectivity index (χ1v) is 9.51. The predicted octanol–water partition coefficient (Wildman–Crippen LogP) is 1.31. The van der Waals surface area contributed by atoms with Gasteiger partial charge in [0, 0.05) is 42.8 Å². The lowest BCUT2D eigenvalue weighted by Gasteiger charge is -2.20. The fourth-order valence-corrected chi connectivity index (χ4v) is 4.46. The van der Waals surface area contributed by atoms with Gasteiger partial charge in [-0.15, -0.1) is 11.3 Å². The topological polar surface area (TPSA) is 71.5 Å². The molecule has 5 atom stereocenters. The van der Waals surface area contributed by atoms with Gasteiger partial charge in [0.15, 0.2) is 0 Å². The zero-order valence-electron chi connectivity index (χ0n) is 14.0. The highest BCUT2D eigenvalue weighted by Gasteiger charge is 2.49. The molecule has 0 radical (unpaired) electrons. The molecule has 1 aliphatic carbocycles. The summed E-state index contributed by atoms with van der Waals surface area (Å²) in [6.45, 7) is 6.74. The predicted molar refractivity (Wildman–Crippen MR) is 89.8 cm³/mol. The molecule has 1 saturated carbocycles. The molecule has 2 aliphatic heterocycles. The fraction of sp³-hybridized carbons (Fsp3) is 0.706. The number of aromatic nitrogens is 1. The van der Waals surface area contributed by atoms with E-state index in [2.05, 4.69) is 17.2 Å². The summed E-state index contributed by atoms with van der Waals surface area (Å²) in [5.74, 6) is 1.54. The monoisotopic (exact) mass is 349 g/mol. The van der Waals surface area contributed by atoms with Crippen LogP contribution in [0, 0.1) is 30.6 Å². The molecule has 2 saturated heterocycles. The van der Waals surface area contributed by atoms with Gasteiger partial charge < -0.3 is 15.0 Å². The lowest BCUT2D eigenvalue weighted by Crippen LogP contribution is -2.36. The molecule has 3 fully saturated rings. The number of thiazole rings is 1. The summed E-state index contributed by atoms with van der Waals surface area (Å²) in [5.41, 5.74) is 0.485. The van der Waals surface area contributed by atoms with Gasteiger partial charge >= 0.3 is 0 Å². The summed E-state index contributed by atoms with van der Waals surface area (Å²) in [7, 11) is 0. The minimum atomic E-state index is -0.125. The number of fused-ring (bicyclic) bond motifs is 1. The van der Waals surface area contributed by atoms with E-state index in [1.165, 1.54) is 11.3 Å². The molecule has 0 unspecified atom stereocenters. The van der Waals surface area contributed by atoms with Crippen molar-refractivity contribution in [1.82, 2.24) is 15.2 Å². The molecule has 6 nitrogen and oxygen atoms in total. The Bertz CT molecular complexity index is 661. The van der Waals surface area contributed by atoms with Gasteiger partial charge in [-0.3, -0.25) is 9.59 Å². The average molecular weight is 349 g/mol. The first-order chi connectivity index (χ1) is 11.5. The van der Waals surface area contributed by atoms with Crippen molar-refractivity contribution in [1.29, 1.82) is 0 Å². The highest BCUT2D eigenvalue weighted by molar-refractivity contribution is 7.09. The van der Waals surface area contributed by atoms with Crippen molar-refractivity contribution in [2.75, 3.05) is 26.2 Å². The van der Waals surface area contributed by atoms with Crippen molar-refractivity contribution in [3.63, 3.8) is 0 Å². The minimum Gasteiger partial charge on any atom is -0.376 e. The van der Waals surface area contributed by atoms with Crippen molar-refractivity contribution in [2.45, 2.75) is 26.4 Å². The van der Waals surface area contributed by atoms with E-state index in [1.807, 2.05) is 11.8 Å². The Morgan fingerprint density at radius 2 is 2.25 bits per heavy atom. The third kappa shape index (κ3) is 2.95. The number of likely N-dealkylation sites (tertiary alicyclic amines) is 1. The maximum Gasteiger partial charge on any atom is 0.270 e. The molecule has 7 heteroatoms. The van der Waals surface area contributed by atoms with Crippen LogP contribution in [0.3, 0.4) is 0 Å². The van der Waals surface area contributed by atoms with Crippen LogP contribution in [-0.4, -0.2) is 54.0 Å². The first kappa shape index (κ1) is 16.0. The molecule has 3 aliphatic rings. The molecule has 4 rings (SSSR count). The van der Waals surface area contributed by atoms with Gasteiger partial charge in [0.25, 0.3) is 5.91 Å². The van der Waals surface area contributed by atoms with Gasteiger partial charge in [0.1, 0.15) is 5.69 Å². The number of nitrogens with zero attached hydrogens (tertiary/aromatic N) is 2. The van der Waals surface area contributed by atoms with E-state index in [0.717, 1.165) is 18.0 Å². The smallest absolute Gasteiger partial charge is 0.270 e. The lowest BCUT2D eigenvalue weighted by molar-refractivity contribution is -0.132. The van der Waals surface area contributed by atoms with Gasteiger partial charge in [-0.2, -0.15) is 0 Å². The first-order valence-electron chi connectivity index (χ1n) is 8.63. The number of rotatable bonds is 4. The van der Waals surface area contributed by atoms with E-state index in [0.29, 0.717) is 43.1 Å². The van der Waals surface area contributed by atoms with Gasteiger partial charge in [-0.05, 0) is 19.3 Å².